The Morgan fingerprint density at radius 2 is 1.83 bits per heavy atom. The lowest BCUT2D eigenvalue weighted by Gasteiger charge is -2.35. The van der Waals surface area contributed by atoms with Crippen molar-refractivity contribution in [3.63, 3.8) is 0 Å². The number of anilines is 4. The van der Waals surface area contributed by atoms with Crippen molar-refractivity contribution in [2.45, 2.75) is 0 Å². The van der Waals surface area contributed by atoms with Crippen LogP contribution in [0.3, 0.4) is 0 Å². The van der Waals surface area contributed by atoms with Gasteiger partial charge in [-0.15, -0.1) is 5.10 Å². The molecule has 3 aromatic rings. The van der Waals surface area contributed by atoms with E-state index in [1.165, 1.54) is 7.11 Å². The number of piperazine rings is 1. The second kappa shape index (κ2) is 8.51. The Hall–Kier alpha value is -3.75. The van der Waals surface area contributed by atoms with Crippen LogP contribution in [0.5, 0.6) is 0 Å². The van der Waals surface area contributed by atoms with Crippen LogP contribution in [0.2, 0.25) is 0 Å². The summed E-state index contributed by atoms with van der Waals surface area (Å²) in [5.74, 6) is 1.72. The highest BCUT2D eigenvalue weighted by Crippen LogP contribution is 2.19. The van der Waals surface area contributed by atoms with Crippen LogP contribution in [0.15, 0.2) is 54.9 Å². The summed E-state index contributed by atoms with van der Waals surface area (Å²) in [6.45, 7) is 3.33. The average molecular weight is 391 g/mol. The highest BCUT2D eigenvalue weighted by molar-refractivity contribution is 5.90. The van der Waals surface area contributed by atoms with Crippen molar-refractivity contribution in [1.29, 1.82) is 0 Å². The van der Waals surface area contributed by atoms with Gasteiger partial charge in [-0.25, -0.2) is 9.78 Å². The van der Waals surface area contributed by atoms with Crippen molar-refractivity contribution >= 4 is 29.2 Å². The number of nitrogens with zero attached hydrogens (tertiary/aromatic N) is 6. The van der Waals surface area contributed by atoms with Crippen molar-refractivity contribution in [3.8, 4) is 0 Å². The van der Waals surface area contributed by atoms with Crippen molar-refractivity contribution < 1.29 is 9.53 Å². The molecule has 3 heterocycles. The summed E-state index contributed by atoms with van der Waals surface area (Å²) in [5.41, 5.74) is 1.14. The van der Waals surface area contributed by atoms with Gasteiger partial charge in [-0.2, -0.15) is 10.1 Å². The van der Waals surface area contributed by atoms with Gasteiger partial charge in [-0.3, -0.25) is 0 Å². The van der Waals surface area contributed by atoms with Gasteiger partial charge in [0.15, 0.2) is 5.82 Å². The molecule has 0 unspecified atom stereocenters. The van der Waals surface area contributed by atoms with Crippen LogP contribution in [0.25, 0.3) is 0 Å². The lowest BCUT2D eigenvalue weighted by molar-refractivity contribution is 0.0601. The number of methoxy groups -OCH3 is 1. The first-order valence-electron chi connectivity index (χ1n) is 9.29. The number of nitrogens with one attached hydrogen (secondary N) is 1. The second-order valence-corrected chi connectivity index (χ2v) is 6.50. The van der Waals surface area contributed by atoms with Crippen LogP contribution < -0.4 is 15.1 Å². The molecule has 0 atom stereocenters. The van der Waals surface area contributed by atoms with Gasteiger partial charge in [-0.05, 0) is 30.3 Å². The number of ether oxygens (including phenoxy) is 1. The van der Waals surface area contributed by atoms with E-state index in [2.05, 4.69) is 35.3 Å². The minimum Gasteiger partial charge on any atom is -0.465 e. The fraction of sp³-hybridized carbons (Fsp3) is 0.250. The van der Waals surface area contributed by atoms with Crippen molar-refractivity contribution in [1.82, 2.24) is 20.2 Å². The lowest BCUT2D eigenvalue weighted by Crippen LogP contribution is -2.47. The van der Waals surface area contributed by atoms with E-state index < -0.39 is 5.97 Å². The van der Waals surface area contributed by atoms with Gasteiger partial charge in [0.2, 0.25) is 5.95 Å². The zero-order valence-electron chi connectivity index (χ0n) is 16.0. The van der Waals surface area contributed by atoms with Gasteiger partial charge < -0.3 is 19.9 Å². The predicted octanol–water partition coefficient (Wildman–Crippen LogP) is 2.12. The molecule has 0 spiro atoms. The SMILES string of the molecule is COC(=O)c1cccc(Nc2nncc(N3CCN(c4ccccn4)CC3)n2)c1. The van der Waals surface area contributed by atoms with E-state index in [1.54, 1.807) is 24.4 Å². The van der Waals surface area contributed by atoms with Crippen molar-refractivity contribution in [2.75, 3.05) is 48.4 Å². The summed E-state index contributed by atoms with van der Waals surface area (Å²) >= 11 is 0. The Balaban J connectivity index is 1.42. The lowest BCUT2D eigenvalue weighted by atomic mass is 10.2. The monoisotopic (exact) mass is 391 g/mol. The summed E-state index contributed by atoms with van der Waals surface area (Å²) in [5, 5.41) is 11.2. The van der Waals surface area contributed by atoms with E-state index in [9.17, 15) is 4.79 Å². The molecule has 9 nitrogen and oxygen atoms in total. The molecule has 0 amide bonds. The standard InChI is InChI=1S/C20H21N7O2/c1-29-19(28)15-5-4-6-16(13-15)23-20-24-18(14-22-25-20)27-11-9-26(10-12-27)17-7-2-3-8-21-17/h2-8,13-14H,9-12H2,1H3,(H,23,24,25). The number of benzene rings is 1. The van der Waals surface area contributed by atoms with Crippen LogP contribution in [0, 0.1) is 0 Å². The van der Waals surface area contributed by atoms with Crippen LogP contribution in [0.1, 0.15) is 10.4 Å². The minimum atomic E-state index is -0.396. The minimum absolute atomic E-state index is 0.372. The molecule has 9 heteroatoms. The molecular formula is C20H21N7O2. The Morgan fingerprint density at radius 1 is 1.03 bits per heavy atom. The molecule has 1 saturated heterocycles. The first-order valence-corrected chi connectivity index (χ1v) is 9.29. The maximum Gasteiger partial charge on any atom is 0.337 e. The number of rotatable bonds is 5. The molecule has 1 fully saturated rings. The molecule has 29 heavy (non-hydrogen) atoms. The average Bonchev–Trinajstić information content (AvgIpc) is 2.79. The Bertz CT molecular complexity index is 975. The molecule has 0 radical (unpaired) electrons. The number of hydrogen-bond donors (Lipinski definition) is 1. The fourth-order valence-corrected chi connectivity index (χ4v) is 3.18. The second-order valence-electron chi connectivity index (χ2n) is 6.50. The van der Waals surface area contributed by atoms with Crippen LogP contribution in [0.4, 0.5) is 23.3 Å². The van der Waals surface area contributed by atoms with E-state index in [0.29, 0.717) is 17.2 Å². The molecule has 1 N–H and O–H groups in total. The largest absolute Gasteiger partial charge is 0.465 e. The topological polar surface area (TPSA) is 96.4 Å². The molecule has 0 saturated carbocycles. The smallest absolute Gasteiger partial charge is 0.337 e. The maximum absolute atomic E-state index is 11.7. The van der Waals surface area contributed by atoms with Crippen LogP contribution in [-0.2, 0) is 4.74 Å². The number of hydrogen-bond acceptors (Lipinski definition) is 9. The number of pyridine rings is 1. The molecule has 1 aliphatic rings. The van der Waals surface area contributed by atoms with Gasteiger partial charge in [0.05, 0.1) is 18.9 Å². The molecule has 4 rings (SSSR count). The third kappa shape index (κ3) is 4.40. The quantitative estimate of drug-likeness (QED) is 0.656. The molecule has 1 aromatic carbocycles. The number of carbonyl (C=O) groups is 1. The summed E-state index contributed by atoms with van der Waals surface area (Å²) in [6, 6.07) is 12.9. The number of aromatic nitrogens is 4. The van der Waals surface area contributed by atoms with Gasteiger partial charge >= 0.3 is 5.97 Å². The molecular weight excluding hydrogens is 370 g/mol. The van der Waals surface area contributed by atoms with E-state index >= 15 is 0 Å². The van der Waals surface area contributed by atoms with Gasteiger partial charge in [0.25, 0.3) is 0 Å². The normalized spacial score (nSPS) is 13.8. The van der Waals surface area contributed by atoms with E-state index in [1.807, 2.05) is 30.5 Å². The Kier molecular flexibility index (Phi) is 5.46. The summed E-state index contributed by atoms with van der Waals surface area (Å²) in [6.07, 6.45) is 3.47. The van der Waals surface area contributed by atoms with E-state index in [-0.39, 0.29) is 0 Å². The zero-order valence-corrected chi connectivity index (χ0v) is 16.0. The number of carbonyl (C=O) groups excluding carboxylic acids is 1. The zero-order chi connectivity index (χ0) is 20.1. The molecule has 0 aliphatic carbocycles. The molecule has 1 aliphatic heterocycles. The van der Waals surface area contributed by atoms with Crippen LogP contribution in [-0.4, -0.2) is 59.4 Å². The Labute approximate surface area is 168 Å². The van der Waals surface area contributed by atoms with Crippen molar-refractivity contribution in [2.24, 2.45) is 0 Å². The first-order chi connectivity index (χ1) is 14.2. The highest BCUT2D eigenvalue weighted by Gasteiger charge is 2.19. The molecule has 148 valence electrons. The van der Waals surface area contributed by atoms with Gasteiger partial charge in [0, 0.05) is 38.1 Å². The molecule has 0 bridgehead atoms. The third-order valence-electron chi connectivity index (χ3n) is 4.66. The third-order valence-corrected chi connectivity index (χ3v) is 4.66. The molecule has 2 aromatic heterocycles. The van der Waals surface area contributed by atoms with Crippen molar-refractivity contribution in [3.05, 3.63) is 60.4 Å². The van der Waals surface area contributed by atoms with Crippen LogP contribution >= 0.6 is 0 Å². The fourth-order valence-electron chi connectivity index (χ4n) is 3.18. The number of esters is 1. The Morgan fingerprint density at radius 3 is 2.55 bits per heavy atom. The first kappa shape index (κ1) is 18.6. The van der Waals surface area contributed by atoms with Gasteiger partial charge in [0.1, 0.15) is 5.82 Å². The highest BCUT2D eigenvalue weighted by atomic mass is 16.5. The summed E-state index contributed by atoms with van der Waals surface area (Å²) in [4.78, 5) is 25.1. The van der Waals surface area contributed by atoms with Gasteiger partial charge in [-0.1, -0.05) is 12.1 Å². The summed E-state index contributed by atoms with van der Waals surface area (Å²) < 4.78 is 4.76. The maximum atomic E-state index is 11.7. The predicted molar refractivity (Wildman–Crippen MR) is 110 cm³/mol. The van der Waals surface area contributed by atoms with E-state index in [4.69, 9.17) is 4.74 Å². The van der Waals surface area contributed by atoms with E-state index in [0.717, 1.165) is 37.8 Å². The summed E-state index contributed by atoms with van der Waals surface area (Å²) in [7, 11) is 1.35.